The van der Waals surface area contributed by atoms with E-state index >= 15 is 0 Å². The number of allylic oxidation sites excluding steroid dienone is 2. The maximum atomic E-state index is 12.5. The summed E-state index contributed by atoms with van der Waals surface area (Å²) in [6.45, 7) is 4.94. The van der Waals surface area contributed by atoms with Crippen molar-refractivity contribution in [2.45, 2.75) is 341 Å². The van der Waals surface area contributed by atoms with Crippen molar-refractivity contribution < 1.29 is 24.5 Å². The second-order valence-electron chi connectivity index (χ2n) is 20.3. The summed E-state index contributed by atoms with van der Waals surface area (Å²) < 4.78 is 5.47. The van der Waals surface area contributed by atoms with Crippen LogP contribution in [-0.2, 0) is 14.3 Å². The molecule has 6 nitrogen and oxygen atoms in total. The van der Waals surface area contributed by atoms with Crippen molar-refractivity contribution in [2.24, 2.45) is 0 Å². The minimum absolute atomic E-state index is 0.0123. The number of aliphatic hydroxyl groups excluding tert-OH is 2. The molecule has 0 rings (SSSR count). The fourth-order valence-electron chi connectivity index (χ4n) is 9.28. The van der Waals surface area contributed by atoms with E-state index in [0.29, 0.717) is 25.9 Å². The van der Waals surface area contributed by atoms with Crippen molar-refractivity contribution >= 4 is 11.9 Å². The lowest BCUT2D eigenvalue weighted by Gasteiger charge is -2.22. The topological polar surface area (TPSA) is 95.9 Å². The fraction of sp³-hybridized carbons (Fsp3) is 0.932. The van der Waals surface area contributed by atoms with Gasteiger partial charge >= 0.3 is 5.97 Å². The minimum Gasteiger partial charge on any atom is -0.466 e. The third kappa shape index (κ3) is 51.8. The van der Waals surface area contributed by atoms with Gasteiger partial charge in [-0.25, -0.2) is 0 Å². The highest BCUT2D eigenvalue weighted by Gasteiger charge is 2.20. The Bertz CT molecular complexity index is 970. The number of esters is 1. The minimum atomic E-state index is -0.673. The first kappa shape index (κ1) is 63.6. The summed E-state index contributed by atoms with van der Waals surface area (Å²) in [5.74, 6) is -0.0571. The molecule has 0 heterocycles. The molecule has 2 unspecified atom stereocenters. The van der Waals surface area contributed by atoms with Crippen LogP contribution in [0.2, 0.25) is 0 Å². The number of carbonyl (C=O) groups excluding carboxylic acids is 2. The average Bonchev–Trinajstić information content (AvgIpc) is 3.31. The zero-order valence-electron chi connectivity index (χ0n) is 44.0. The smallest absolute Gasteiger partial charge is 0.305 e. The number of unbranched alkanes of at least 4 members (excludes halogenated alkanes) is 42. The highest BCUT2D eigenvalue weighted by molar-refractivity contribution is 5.76. The molecule has 0 aromatic carbocycles. The predicted molar refractivity (Wildman–Crippen MR) is 283 cm³/mol. The monoisotopic (exact) mass is 918 g/mol. The van der Waals surface area contributed by atoms with Gasteiger partial charge in [0.15, 0.2) is 0 Å². The first-order valence-corrected chi connectivity index (χ1v) is 29.4. The molecular formula is C59H115NO5. The van der Waals surface area contributed by atoms with E-state index in [1.807, 2.05) is 0 Å². The fourth-order valence-corrected chi connectivity index (χ4v) is 9.28. The summed E-state index contributed by atoms with van der Waals surface area (Å²) in [6.07, 6.45) is 64.8. The van der Waals surface area contributed by atoms with E-state index in [0.717, 1.165) is 51.4 Å². The molecular weight excluding hydrogens is 803 g/mol. The number of hydrogen-bond donors (Lipinski definition) is 3. The van der Waals surface area contributed by atoms with E-state index in [9.17, 15) is 19.8 Å². The van der Waals surface area contributed by atoms with Gasteiger partial charge in [-0.2, -0.15) is 0 Å². The van der Waals surface area contributed by atoms with Crippen molar-refractivity contribution in [3.63, 3.8) is 0 Å². The van der Waals surface area contributed by atoms with Crippen molar-refractivity contribution in [2.75, 3.05) is 13.2 Å². The van der Waals surface area contributed by atoms with Crippen LogP contribution in [0.15, 0.2) is 12.2 Å². The van der Waals surface area contributed by atoms with Crippen LogP contribution in [0.25, 0.3) is 0 Å². The van der Waals surface area contributed by atoms with Gasteiger partial charge in [0, 0.05) is 12.8 Å². The Kier molecular flexibility index (Phi) is 54.0. The Morgan fingerprint density at radius 1 is 0.415 bits per heavy atom. The second kappa shape index (κ2) is 55.2. The number of rotatable bonds is 55. The van der Waals surface area contributed by atoms with Gasteiger partial charge in [-0.15, -0.1) is 0 Å². The molecule has 0 aromatic rings. The number of amides is 1. The van der Waals surface area contributed by atoms with E-state index in [1.165, 1.54) is 244 Å². The lowest BCUT2D eigenvalue weighted by Crippen LogP contribution is -2.45. The summed E-state index contributed by atoms with van der Waals surface area (Å²) in [5.41, 5.74) is 0. The van der Waals surface area contributed by atoms with E-state index in [1.54, 1.807) is 0 Å². The van der Waals surface area contributed by atoms with Crippen LogP contribution in [0.1, 0.15) is 328 Å². The van der Waals surface area contributed by atoms with Gasteiger partial charge in [-0.3, -0.25) is 9.59 Å². The SMILES string of the molecule is CCCCCCCC/C=C\CCCCCCCC(=O)OCCCCCCCCCCCCCCCC(=O)NC(CO)C(O)CCCCCCCCCCCCCCCCCCCCCC. The summed E-state index contributed by atoms with van der Waals surface area (Å²) in [5, 5.41) is 23.3. The van der Waals surface area contributed by atoms with Crippen LogP contribution in [0.4, 0.5) is 0 Å². The van der Waals surface area contributed by atoms with Gasteiger partial charge in [0.2, 0.25) is 5.91 Å². The molecule has 0 saturated heterocycles. The highest BCUT2D eigenvalue weighted by Crippen LogP contribution is 2.18. The molecule has 65 heavy (non-hydrogen) atoms. The Morgan fingerprint density at radius 3 is 1.09 bits per heavy atom. The molecule has 0 aromatic heterocycles. The van der Waals surface area contributed by atoms with Gasteiger partial charge in [0.25, 0.3) is 0 Å². The Labute approximate surface area is 406 Å². The van der Waals surface area contributed by atoms with Gasteiger partial charge < -0.3 is 20.3 Å². The van der Waals surface area contributed by atoms with E-state index in [2.05, 4.69) is 31.3 Å². The molecule has 2 atom stereocenters. The molecule has 0 spiro atoms. The molecule has 0 radical (unpaired) electrons. The van der Waals surface area contributed by atoms with Crippen LogP contribution in [0.3, 0.4) is 0 Å². The molecule has 3 N–H and O–H groups in total. The third-order valence-electron chi connectivity index (χ3n) is 13.8. The van der Waals surface area contributed by atoms with Crippen molar-refractivity contribution in [3.8, 4) is 0 Å². The number of hydrogen-bond acceptors (Lipinski definition) is 5. The lowest BCUT2D eigenvalue weighted by atomic mass is 10.0. The van der Waals surface area contributed by atoms with Crippen LogP contribution < -0.4 is 5.32 Å². The zero-order chi connectivity index (χ0) is 47.2. The lowest BCUT2D eigenvalue weighted by molar-refractivity contribution is -0.143. The maximum Gasteiger partial charge on any atom is 0.305 e. The van der Waals surface area contributed by atoms with E-state index < -0.39 is 12.1 Å². The summed E-state index contributed by atoms with van der Waals surface area (Å²) in [4.78, 5) is 24.6. The van der Waals surface area contributed by atoms with Crippen molar-refractivity contribution in [1.82, 2.24) is 5.32 Å². The van der Waals surface area contributed by atoms with Crippen LogP contribution in [-0.4, -0.2) is 47.4 Å². The van der Waals surface area contributed by atoms with E-state index in [4.69, 9.17) is 4.74 Å². The highest BCUT2D eigenvalue weighted by atomic mass is 16.5. The summed E-state index contributed by atoms with van der Waals surface area (Å²) in [7, 11) is 0. The van der Waals surface area contributed by atoms with Crippen LogP contribution in [0.5, 0.6) is 0 Å². The first-order chi connectivity index (χ1) is 32.0. The first-order valence-electron chi connectivity index (χ1n) is 29.4. The molecule has 0 aliphatic carbocycles. The van der Waals surface area contributed by atoms with Gasteiger partial charge in [-0.1, -0.05) is 276 Å². The number of nitrogens with one attached hydrogen (secondary N) is 1. The molecule has 1 amide bonds. The van der Waals surface area contributed by atoms with Crippen LogP contribution >= 0.6 is 0 Å². The molecule has 0 aliphatic rings. The van der Waals surface area contributed by atoms with Gasteiger partial charge in [0.1, 0.15) is 0 Å². The molecule has 0 saturated carbocycles. The molecule has 0 bridgehead atoms. The zero-order valence-corrected chi connectivity index (χ0v) is 44.0. The van der Waals surface area contributed by atoms with Crippen molar-refractivity contribution in [3.05, 3.63) is 12.2 Å². The Balaban J connectivity index is 3.44. The molecule has 6 heteroatoms. The second-order valence-corrected chi connectivity index (χ2v) is 20.3. The van der Waals surface area contributed by atoms with Gasteiger partial charge in [0.05, 0.1) is 25.4 Å². The quantitative estimate of drug-likeness (QED) is 0.0321. The standard InChI is InChI=1S/C59H115NO5/c1-3-5-7-9-11-13-15-17-19-20-21-22-23-25-27-31-35-39-43-47-51-57(62)56(55-61)60-58(63)52-48-44-40-36-32-28-26-30-34-38-42-46-50-54-65-59(64)53-49-45-41-37-33-29-24-18-16-14-12-10-8-6-4-2/h18,24,56-57,61-62H,3-17,19-23,25-55H2,1-2H3,(H,60,63)/b24-18-. The van der Waals surface area contributed by atoms with E-state index in [-0.39, 0.29) is 18.5 Å². The molecule has 0 fully saturated rings. The third-order valence-corrected chi connectivity index (χ3v) is 13.8. The number of aliphatic hydroxyl groups is 2. The average molecular weight is 919 g/mol. The predicted octanol–water partition coefficient (Wildman–Crippen LogP) is 18.1. The number of carbonyl (C=O) groups is 2. The number of ether oxygens (including phenoxy) is 1. The van der Waals surface area contributed by atoms with Crippen LogP contribution in [0, 0.1) is 0 Å². The normalized spacial score (nSPS) is 12.6. The Hall–Kier alpha value is -1.40. The largest absolute Gasteiger partial charge is 0.466 e. The van der Waals surface area contributed by atoms with Crippen molar-refractivity contribution in [1.29, 1.82) is 0 Å². The van der Waals surface area contributed by atoms with Gasteiger partial charge in [-0.05, 0) is 51.4 Å². The Morgan fingerprint density at radius 2 is 0.723 bits per heavy atom. The summed E-state index contributed by atoms with van der Waals surface area (Å²) >= 11 is 0. The molecule has 0 aliphatic heterocycles. The molecule has 386 valence electrons. The maximum absolute atomic E-state index is 12.5. The summed E-state index contributed by atoms with van der Waals surface area (Å²) in [6, 6.07) is -0.551.